The molecule has 0 N–H and O–H groups in total. The Bertz CT molecular complexity index is 597. The summed E-state index contributed by atoms with van der Waals surface area (Å²) in [5, 5.41) is 0. The summed E-state index contributed by atoms with van der Waals surface area (Å²) in [5.41, 5.74) is 0.408. The summed E-state index contributed by atoms with van der Waals surface area (Å²) in [7, 11) is -3.57. The SMILES string of the molecule is CC(=O)c1cccc(S(=O)(=O)N2CCCOC(C)C2)c1. The Morgan fingerprint density at radius 1 is 1.40 bits per heavy atom. The molecule has 1 aromatic carbocycles. The first-order valence-corrected chi connectivity index (χ1v) is 8.08. The average molecular weight is 297 g/mol. The van der Waals surface area contributed by atoms with E-state index in [1.54, 1.807) is 12.1 Å². The van der Waals surface area contributed by atoms with Crippen LogP contribution in [0.5, 0.6) is 0 Å². The zero-order valence-electron chi connectivity index (χ0n) is 11.7. The summed E-state index contributed by atoms with van der Waals surface area (Å²) in [6.07, 6.45) is 0.555. The standard InChI is InChI=1S/C14H19NO4S/c1-11-10-15(7-4-8-19-11)20(17,18)14-6-3-5-13(9-14)12(2)16/h3,5-6,9,11H,4,7-8,10H2,1-2H3. The van der Waals surface area contributed by atoms with Gasteiger partial charge in [-0.05, 0) is 32.4 Å². The van der Waals surface area contributed by atoms with Crippen molar-refractivity contribution in [3.8, 4) is 0 Å². The first kappa shape index (κ1) is 15.2. The van der Waals surface area contributed by atoms with Crippen molar-refractivity contribution in [3.63, 3.8) is 0 Å². The zero-order valence-corrected chi connectivity index (χ0v) is 12.5. The van der Waals surface area contributed by atoms with Gasteiger partial charge in [-0.25, -0.2) is 8.42 Å². The van der Waals surface area contributed by atoms with Crippen molar-refractivity contribution in [1.29, 1.82) is 0 Å². The minimum absolute atomic E-state index is 0.122. The van der Waals surface area contributed by atoms with Crippen molar-refractivity contribution in [2.45, 2.75) is 31.3 Å². The van der Waals surface area contributed by atoms with Crippen LogP contribution in [0.3, 0.4) is 0 Å². The van der Waals surface area contributed by atoms with E-state index in [2.05, 4.69) is 0 Å². The number of benzene rings is 1. The Kier molecular flexibility index (Phi) is 4.57. The predicted octanol–water partition coefficient (Wildman–Crippen LogP) is 1.69. The molecule has 1 aliphatic rings. The second kappa shape index (κ2) is 6.03. The van der Waals surface area contributed by atoms with Gasteiger partial charge in [-0.3, -0.25) is 4.79 Å². The van der Waals surface area contributed by atoms with Crippen LogP contribution in [0, 0.1) is 0 Å². The van der Waals surface area contributed by atoms with Crippen LogP contribution in [-0.4, -0.2) is 44.3 Å². The van der Waals surface area contributed by atoms with E-state index in [1.807, 2.05) is 6.92 Å². The van der Waals surface area contributed by atoms with Crippen LogP contribution in [0.25, 0.3) is 0 Å². The molecule has 5 nitrogen and oxygen atoms in total. The van der Waals surface area contributed by atoms with E-state index in [1.165, 1.54) is 23.4 Å². The smallest absolute Gasteiger partial charge is 0.243 e. The molecule has 1 unspecified atom stereocenters. The Labute approximate surface area is 119 Å². The molecular formula is C14H19NO4S. The van der Waals surface area contributed by atoms with Crippen LogP contribution in [0.15, 0.2) is 29.2 Å². The highest BCUT2D eigenvalue weighted by Gasteiger charge is 2.28. The second-order valence-electron chi connectivity index (χ2n) is 4.98. The third kappa shape index (κ3) is 3.26. The van der Waals surface area contributed by atoms with Gasteiger partial charge in [-0.2, -0.15) is 4.31 Å². The summed E-state index contributed by atoms with van der Waals surface area (Å²) in [6.45, 7) is 4.64. The van der Waals surface area contributed by atoms with Crippen LogP contribution in [-0.2, 0) is 14.8 Å². The maximum Gasteiger partial charge on any atom is 0.243 e. The monoisotopic (exact) mass is 297 g/mol. The molecule has 110 valence electrons. The fourth-order valence-corrected chi connectivity index (χ4v) is 3.80. The zero-order chi connectivity index (χ0) is 14.8. The van der Waals surface area contributed by atoms with Gasteiger partial charge in [0.25, 0.3) is 0 Å². The van der Waals surface area contributed by atoms with Gasteiger partial charge < -0.3 is 4.74 Å². The maximum atomic E-state index is 12.6. The lowest BCUT2D eigenvalue weighted by Gasteiger charge is -2.21. The molecule has 1 heterocycles. The fraction of sp³-hybridized carbons (Fsp3) is 0.500. The number of Topliss-reactive ketones (excluding diaryl/α,β-unsaturated/α-hetero) is 1. The Morgan fingerprint density at radius 3 is 2.85 bits per heavy atom. The van der Waals surface area contributed by atoms with Crippen LogP contribution in [0.1, 0.15) is 30.6 Å². The minimum Gasteiger partial charge on any atom is -0.377 e. The molecule has 0 radical (unpaired) electrons. The number of sulfonamides is 1. The van der Waals surface area contributed by atoms with E-state index in [4.69, 9.17) is 4.74 Å². The molecular weight excluding hydrogens is 278 g/mol. The molecule has 0 spiro atoms. The van der Waals surface area contributed by atoms with E-state index in [9.17, 15) is 13.2 Å². The Hall–Kier alpha value is -1.24. The molecule has 1 aliphatic heterocycles. The normalized spacial score (nSPS) is 21.4. The number of carbonyl (C=O) groups is 1. The number of nitrogens with zero attached hydrogens (tertiary/aromatic N) is 1. The van der Waals surface area contributed by atoms with Gasteiger partial charge in [0.1, 0.15) is 0 Å². The van der Waals surface area contributed by atoms with Gasteiger partial charge in [0.05, 0.1) is 11.0 Å². The molecule has 1 atom stereocenters. The number of hydrogen-bond donors (Lipinski definition) is 0. The lowest BCUT2D eigenvalue weighted by atomic mass is 10.2. The Morgan fingerprint density at radius 2 is 2.15 bits per heavy atom. The molecule has 1 saturated heterocycles. The van der Waals surface area contributed by atoms with Crippen molar-refractivity contribution < 1.29 is 17.9 Å². The van der Waals surface area contributed by atoms with Crippen LogP contribution in [0.4, 0.5) is 0 Å². The fourth-order valence-electron chi connectivity index (χ4n) is 2.20. The van der Waals surface area contributed by atoms with Gasteiger partial charge >= 0.3 is 0 Å². The highest BCUT2D eigenvalue weighted by atomic mass is 32.2. The summed E-state index contributed by atoms with van der Waals surface area (Å²) in [6, 6.07) is 6.18. The molecule has 1 fully saturated rings. The van der Waals surface area contributed by atoms with Crippen molar-refractivity contribution in [2.75, 3.05) is 19.7 Å². The number of ether oxygens (including phenoxy) is 1. The first-order valence-electron chi connectivity index (χ1n) is 6.64. The quantitative estimate of drug-likeness (QED) is 0.796. The molecule has 20 heavy (non-hydrogen) atoms. The molecule has 0 bridgehead atoms. The van der Waals surface area contributed by atoms with Gasteiger partial charge in [-0.15, -0.1) is 0 Å². The highest BCUT2D eigenvalue weighted by molar-refractivity contribution is 7.89. The van der Waals surface area contributed by atoms with Gasteiger partial charge in [0, 0.05) is 25.3 Å². The number of hydrogen-bond acceptors (Lipinski definition) is 4. The van der Waals surface area contributed by atoms with Crippen molar-refractivity contribution in [3.05, 3.63) is 29.8 Å². The lowest BCUT2D eigenvalue weighted by Crippen LogP contribution is -2.36. The molecule has 0 aromatic heterocycles. The first-order chi connectivity index (χ1) is 9.41. The van der Waals surface area contributed by atoms with E-state index >= 15 is 0 Å². The van der Waals surface area contributed by atoms with E-state index in [0.29, 0.717) is 31.7 Å². The summed E-state index contributed by atoms with van der Waals surface area (Å²) >= 11 is 0. The van der Waals surface area contributed by atoms with Crippen molar-refractivity contribution in [1.82, 2.24) is 4.31 Å². The average Bonchev–Trinajstić information content (AvgIpc) is 2.64. The van der Waals surface area contributed by atoms with E-state index in [0.717, 1.165) is 0 Å². The van der Waals surface area contributed by atoms with Gasteiger partial charge in [0.15, 0.2) is 5.78 Å². The number of carbonyl (C=O) groups excluding carboxylic acids is 1. The third-order valence-corrected chi connectivity index (χ3v) is 5.15. The molecule has 0 amide bonds. The van der Waals surface area contributed by atoms with E-state index < -0.39 is 10.0 Å². The summed E-state index contributed by atoms with van der Waals surface area (Å²) in [4.78, 5) is 11.5. The van der Waals surface area contributed by atoms with Crippen molar-refractivity contribution >= 4 is 15.8 Å². The van der Waals surface area contributed by atoms with Crippen LogP contribution >= 0.6 is 0 Å². The molecule has 2 rings (SSSR count). The van der Waals surface area contributed by atoms with Crippen LogP contribution in [0.2, 0.25) is 0 Å². The number of rotatable bonds is 3. The molecule has 1 aromatic rings. The summed E-state index contributed by atoms with van der Waals surface area (Å²) < 4.78 is 32.1. The predicted molar refractivity (Wildman–Crippen MR) is 75.2 cm³/mol. The molecule has 0 aliphatic carbocycles. The number of ketones is 1. The van der Waals surface area contributed by atoms with Gasteiger partial charge in [0.2, 0.25) is 10.0 Å². The maximum absolute atomic E-state index is 12.6. The summed E-state index contributed by atoms with van der Waals surface area (Å²) in [5.74, 6) is -0.144. The topological polar surface area (TPSA) is 63.7 Å². The second-order valence-corrected chi connectivity index (χ2v) is 6.92. The lowest BCUT2D eigenvalue weighted by molar-refractivity contribution is 0.0752. The van der Waals surface area contributed by atoms with E-state index in [-0.39, 0.29) is 16.8 Å². The molecule has 0 saturated carbocycles. The van der Waals surface area contributed by atoms with Crippen LogP contribution < -0.4 is 0 Å². The minimum atomic E-state index is -3.57. The Balaban J connectivity index is 2.33. The van der Waals surface area contributed by atoms with Crippen molar-refractivity contribution in [2.24, 2.45) is 0 Å². The molecule has 6 heteroatoms. The highest BCUT2D eigenvalue weighted by Crippen LogP contribution is 2.20. The third-order valence-electron chi connectivity index (χ3n) is 3.29. The van der Waals surface area contributed by atoms with Gasteiger partial charge in [-0.1, -0.05) is 12.1 Å². The largest absolute Gasteiger partial charge is 0.377 e.